The van der Waals surface area contributed by atoms with Crippen LogP contribution < -0.4 is 4.90 Å². The van der Waals surface area contributed by atoms with Crippen molar-refractivity contribution in [1.29, 1.82) is 0 Å². The Morgan fingerprint density at radius 3 is 2.11 bits per heavy atom. The second kappa shape index (κ2) is 4.92. The molecule has 98 valence electrons. The molecule has 1 aromatic rings. The first kappa shape index (κ1) is 14.4. The topological polar surface area (TPSA) is 37.4 Å². The van der Waals surface area contributed by atoms with Crippen molar-refractivity contribution in [2.45, 2.75) is 40.0 Å². The summed E-state index contributed by atoms with van der Waals surface area (Å²) in [4.78, 5) is 24.2. The molecule has 0 aliphatic rings. The number of rotatable bonds is 2. The Balaban J connectivity index is 3.14. The largest absolute Gasteiger partial charge is 0.309 e. The standard InChI is InChI=1S/C15H21NO2/c1-10-9-12(15(3,4)5)7-8-13(10)16(6)14(18)11(2)17/h7-9H,1-6H3. The molecular formula is C15H21NO2. The predicted molar refractivity (Wildman–Crippen MR) is 74.0 cm³/mol. The number of anilines is 1. The molecule has 0 aliphatic carbocycles. The van der Waals surface area contributed by atoms with E-state index in [4.69, 9.17) is 0 Å². The number of hydrogen-bond acceptors (Lipinski definition) is 2. The molecule has 0 aliphatic heterocycles. The number of ketones is 1. The Morgan fingerprint density at radius 2 is 1.72 bits per heavy atom. The average molecular weight is 247 g/mol. The fourth-order valence-corrected chi connectivity index (χ4v) is 1.84. The highest BCUT2D eigenvalue weighted by Crippen LogP contribution is 2.27. The molecule has 0 fully saturated rings. The lowest BCUT2D eigenvalue weighted by Gasteiger charge is -2.23. The Hall–Kier alpha value is -1.64. The van der Waals surface area contributed by atoms with E-state index in [0.717, 1.165) is 11.3 Å². The lowest BCUT2D eigenvalue weighted by molar-refractivity contribution is -0.134. The Morgan fingerprint density at radius 1 is 1.17 bits per heavy atom. The van der Waals surface area contributed by atoms with Crippen LogP contribution in [0.3, 0.4) is 0 Å². The van der Waals surface area contributed by atoms with Gasteiger partial charge < -0.3 is 4.90 Å². The number of amides is 1. The molecule has 0 atom stereocenters. The number of nitrogens with zero attached hydrogens (tertiary/aromatic N) is 1. The molecule has 1 rings (SSSR count). The minimum Gasteiger partial charge on any atom is -0.309 e. The molecule has 0 radical (unpaired) electrons. The van der Waals surface area contributed by atoms with Gasteiger partial charge in [0.05, 0.1) is 0 Å². The number of benzene rings is 1. The lowest BCUT2D eigenvalue weighted by Crippen LogP contribution is -2.32. The quantitative estimate of drug-likeness (QED) is 0.754. The average Bonchev–Trinajstić information content (AvgIpc) is 2.25. The maximum Gasteiger partial charge on any atom is 0.293 e. The highest BCUT2D eigenvalue weighted by Gasteiger charge is 2.19. The van der Waals surface area contributed by atoms with Crippen molar-refractivity contribution < 1.29 is 9.59 Å². The van der Waals surface area contributed by atoms with E-state index in [-0.39, 0.29) is 5.41 Å². The van der Waals surface area contributed by atoms with Gasteiger partial charge in [-0.25, -0.2) is 0 Å². The minimum absolute atomic E-state index is 0.0758. The highest BCUT2D eigenvalue weighted by molar-refractivity contribution is 6.40. The molecule has 0 N–H and O–H groups in total. The smallest absolute Gasteiger partial charge is 0.293 e. The SMILES string of the molecule is CC(=O)C(=O)N(C)c1ccc(C(C)(C)C)cc1C. The van der Waals surface area contributed by atoms with Crippen LogP contribution in [0, 0.1) is 6.92 Å². The minimum atomic E-state index is -0.485. The fraction of sp³-hybridized carbons (Fsp3) is 0.467. The van der Waals surface area contributed by atoms with Crippen LogP contribution >= 0.6 is 0 Å². The predicted octanol–water partition coefficient (Wildman–Crippen LogP) is 2.84. The van der Waals surface area contributed by atoms with Crippen molar-refractivity contribution in [2.24, 2.45) is 0 Å². The molecule has 1 aromatic carbocycles. The van der Waals surface area contributed by atoms with Gasteiger partial charge in [0.15, 0.2) is 0 Å². The van der Waals surface area contributed by atoms with Gasteiger partial charge in [-0.15, -0.1) is 0 Å². The zero-order chi connectivity index (χ0) is 14.1. The molecule has 0 saturated carbocycles. The third kappa shape index (κ3) is 2.97. The van der Waals surface area contributed by atoms with Crippen LogP contribution in [0.25, 0.3) is 0 Å². The van der Waals surface area contributed by atoms with Gasteiger partial charge in [0.25, 0.3) is 5.91 Å². The van der Waals surface area contributed by atoms with Gasteiger partial charge in [-0.1, -0.05) is 32.9 Å². The van der Waals surface area contributed by atoms with Crippen molar-refractivity contribution in [3.63, 3.8) is 0 Å². The highest BCUT2D eigenvalue weighted by atomic mass is 16.2. The van der Waals surface area contributed by atoms with Gasteiger partial charge in [-0.3, -0.25) is 9.59 Å². The third-order valence-electron chi connectivity index (χ3n) is 3.03. The van der Waals surface area contributed by atoms with Crippen molar-refractivity contribution in [1.82, 2.24) is 0 Å². The van der Waals surface area contributed by atoms with E-state index in [1.54, 1.807) is 7.05 Å². The first-order valence-corrected chi connectivity index (χ1v) is 6.04. The molecule has 18 heavy (non-hydrogen) atoms. The van der Waals surface area contributed by atoms with Crippen molar-refractivity contribution >= 4 is 17.4 Å². The monoisotopic (exact) mass is 247 g/mol. The van der Waals surface area contributed by atoms with Crippen LogP contribution in [-0.2, 0) is 15.0 Å². The Bertz CT molecular complexity index is 484. The molecule has 0 aromatic heterocycles. The summed E-state index contributed by atoms with van der Waals surface area (Å²) in [6.45, 7) is 9.68. The zero-order valence-electron chi connectivity index (χ0n) is 12.0. The zero-order valence-corrected chi connectivity index (χ0v) is 12.0. The van der Waals surface area contributed by atoms with Gasteiger partial charge in [-0.05, 0) is 29.5 Å². The fourth-order valence-electron chi connectivity index (χ4n) is 1.84. The van der Waals surface area contributed by atoms with Gasteiger partial charge in [0, 0.05) is 19.7 Å². The summed E-state index contributed by atoms with van der Waals surface area (Å²) in [5, 5.41) is 0. The molecule has 0 heterocycles. The Labute approximate surface area is 109 Å². The van der Waals surface area contributed by atoms with E-state index < -0.39 is 11.7 Å². The summed E-state index contributed by atoms with van der Waals surface area (Å²) >= 11 is 0. The van der Waals surface area contributed by atoms with Gasteiger partial charge >= 0.3 is 0 Å². The van der Waals surface area contributed by atoms with Gasteiger partial charge in [-0.2, -0.15) is 0 Å². The number of aryl methyl sites for hydroxylation is 1. The third-order valence-corrected chi connectivity index (χ3v) is 3.03. The van der Waals surface area contributed by atoms with Crippen LogP contribution in [-0.4, -0.2) is 18.7 Å². The van der Waals surface area contributed by atoms with Crippen molar-refractivity contribution in [2.75, 3.05) is 11.9 Å². The number of hydrogen-bond donors (Lipinski definition) is 0. The molecule has 0 unspecified atom stereocenters. The Kier molecular flexibility index (Phi) is 3.95. The second-order valence-electron chi connectivity index (χ2n) is 5.67. The van der Waals surface area contributed by atoms with Crippen molar-refractivity contribution in [3.05, 3.63) is 29.3 Å². The molecule has 3 heteroatoms. The normalized spacial score (nSPS) is 11.2. The summed E-state index contributed by atoms with van der Waals surface area (Å²) in [5.74, 6) is -0.932. The van der Waals surface area contributed by atoms with E-state index in [1.807, 2.05) is 19.1 Å². The summed E-state index contributed by atoms with van der Waals surface area (Å²) in [7, 11) is 1.63. The van der Waals surface area contributed by atoms with Crippen LogP contribution in [0.1, 0.15) is 38.8 Å². The molecule has 0 saturated heterocycles. The second-order valence-corrected chi connectivity index (χ2v) is 5.67. The van der Waals surface area contributed by atoms with Gasteiger partial charge in [0.1, 0.15) is 0 Å². The molecule has 3 nitrogen and oxygen atoms in total. The number of carbonyl (C=O) groups excluding carboxylic acids is 2. The molecule has 0 spiro atoms. The van der Waals surface area contributed by atoms with E-state index in [9.17, 15) is 9.59 Å². The molecule has 1 amide bonds. The van der Waals surface area contributed by atoms with E-state index in [0.29, 0.717) is 0 Å². The summed E-state index contributed by atoms with van der Waals surface area (Å²) in [6, 6.07) is 5.97. The van der Waals surface area contributed by atoms with E-state index >= 15 is 0 Å². The van der Waals surface area contributed by atoms with Crippen LogP contribution in [0.5, 0.6) is 0 Å². The van der Waals surface area contributed by atoms with E-state index in [2.05, 4.69) is 26.8 Å². The summed E-state index contributed by atoms with van der Waals surface area (Å²) in [6.07, 6.45) is 0. The summed E-state index contributed by atoms with van der Waals surface area (Å²) < 4.78 is 0. The maximum atomic E-state index is 11.7. The van der Waals surface area contributed by atoms with Crippen LogP contribution in [0.15, 0.2) is 18.2 Å². The number of Topliss-reactive ketones (excluding diaryl/α,β-unsaturated/α-hetero) is 1. The summed E-state index contributed by atoms with van der Waals surface area (Å²) in [5.41, 5.74) is 3.07. The molecule has 0 bridgehead atoms. The first-order valence-electron chi connectivity index (χ1n) is 6.04. The number of likely N-dealkylation sites (N-methyl/N-ethyl adjacent to an activating group) is 1. The lowest BCUT2D eigenvalue weighted by atomic mass is 9.86. The van der Waals surface area contributed by atoms with E-state index in [1.165, 1.54) is 17.4 Å². The maximum absolute atomic E-state index is 11.7. The molecular weight excluding hydrogens is 226 g/mol. The van der Waals surface area contributed by atoms with Crippen molar-refractivity contribution in [3.8, 4) is 0 Å². The van der Waals surface area contributed by atoms with Crippen LogP contribution in [0.2, 0.25) is 0 Å². The van der Waals surface area contributed by atoms with Gasteiger partial charge in [0.2, 0.25) is 5.78 Å². The number of carbonyl (C=O) groups is 2. The first-order chi connectivity index (χ1) is 8.14. The van der Waals surface area contributed by atoms with Crippen LogP contribution in [0.4, 0.5) is 5.69 Å².